The van der Waals surface area contributed by atoms with Gasteiger partial charge in [0, 0.05) is 27.8 Å². The number of hydrogen-bond acceptors (Lipinski definition) is 4. The molecule has 8 rings (SSSR count). The fraction of sp³-hybridized carbons (Fsp3) is 0. The standard InChI is InChI=1S/C41H27N3O/c1-4-13-28(14-5-1)29-23-25-30(26-24-29)37-27-38(43-40(42-37)31-15-6-2-7-16-31)34-20-11-10-19-33(34)35-21-12-22-36-39(35)45-41(44-36)32-17-8-3-9-18-32/h1-27H. The van der Waals surface area contributed by atoms with Crippen LogP contribution >= 0.6 is 0 Å². The number of benzene rings is 6. The van der Waals surface area contributed by atoms with Gasteiger partial charge in [-0.05, 0) is 41.0 Å². The minimum absolute atomic E-state index is 0.602. The first-order valence-electron chi connectivity index (χ1n) is 15.0. The van der Waals surface area contributed by atoms with E-state index < -0.39 is 0 Å². The summed E-state index contributed by atoms with van der Waals surface area (Å²) >= 11 is 0. The summed E-state index contributed by atoms with van der Waals surface area (Å²) in [6.45, 7) is 0. The molecular weight excluding hydrogens is 550 g/mol. The highest BCUT2D eigenvalue weighted by molar-refractivity contribution is 5.96. The maximum Gasteiger partial charge on any atom is 0.227 e. The summed E-state index contributed by atoms with van der Waals surface area (Å²) in [5, 5.41) is 0. The van der Waals surface area contributed by atoms with Crippen LogP contribution in [-0.2, 0) is 0 Å². The van der Waals surface area contributed by atoms with Gasteiger partial charge in [-0.3, -0.25) is 0 Å². The van der Waals surface area contributed by atoms with E-state index in [-0.39, 0.29) is 0 Å². The molecule has 0 aliphatic carbocycles. The molecule has 45 heavy (non-hydrogen) atoms. The number of aromatic nitrogens is 3. The zero-order valence-corrected chi connectivity index (χ0v) is 24.3. The van der Waals surface area contributed by atoms with E-state index in [4.69, 9.17) is 19.4 Å². The SMILES string of the molecule is c1ccc(-c2ccc(-c3cc(-c4ccccc4-c4cccc5nc(-c6ccccc6)oc45)nc(-c4ccccc4)n3)cc2)cc1. The van der Waals surface area contributed by atoms with Gasteiger partial charge in [-0.15, -0.1) is 0 Å². The fourth-order valence-electron chi connectivity index (χ4n) is 5.72. The minimum Gasteiger partial charge on any atom is -0.435 e. The van der Waals surface area contributed by atoms with E-state index in [1.807, 2.05) is 84.9 Å². The van der Waals surface area contributed by atoms with Crippen LogP contribution in [0.3, 0.4) is 0 Å². The molecule has 0 amide bonds. The van der Waals surface area contributed by atoms with Gasteiger partial charge in [-0.25, -0.2) is 15.0 Å². The van der Waals surface area contributed by atoms with Crippen LogP contribution in [0.15, 0.2) is 168 Å². The lowest BCUT2D eigenvalue weighted by atomic mass is 9.95. The van der Waals surface area contributed by atoms with E-state index in [0.717, 1.165) is 61.4 Å². The Balaban J connectivity index is 1.28. The number of nitrogens with zero attached hydrogens (tertiary/aromatic N) is 3. The molecule has 0 saturated heterocycles. The molecule has 4 heteroatoms. The van der Waals surface area contributed by atoms with E-state index in [2.05, 4.69) is 78.9 Å². The summed E-state index contributed by atoms with van der Waals surface area (Å²) < 4.78 is 6.42. The van der Waals surface area contributed by atoms with Crippen molar-refractivity contribution in [2.45, 2.75) is 0 Å². The first kappa shape index (κ1) is 26.5. The molecule has 0 saturated carbocycles. The Kier molecular flexibility index (Phi) is 6.78. The fourth-order valence-corrected chi connectivity index (χ4v) is 5.72. The van der Waals surface area contributed by atoms with Crippen LogP contribution in [0.2, 0.25) is 0 Å². The predicted molar refractivity (Wildman–Crippen MR) is 182 cm³/mol. The van der Waals surface area contributed by atoms with Crippen molar-refractivity contribution in [1.29, 1.82) is 0 Å². The molecule has 212 valence electrons. The molecule has 2 heterocycles. The molecular formula is C41H27N3O. The van der Waals surface area contributed by atoms with Crippen molar-refractivity contribution in [1.82, 2.24) is 15.0 Å². The normalized spacial score (nSPS) is 11.1. The molecule has 0 N–H and O–H groups in total. The number of fused-ring (bicyclic) bond motifs is 1. The lowest BCUT2D eigenvalue weighted by Crippen LogP contribution is -1.97. The van der Waals surface area contributed by atoms with Crippen LogP contribution in [0.5, 0.6) is 0 Å². The Labute approximate surface area is 261 Å². The van der Waals surface area contributed by atoms with E-state index in [9.17, 15) is 0 Å². The summed E-state index contributed by atoms with van der Waals surface area (Å²) in [4.78, 5) is 15.0. The molecule has 8 aromatic rings. The maximum atomic E-state index is 6.42. The quantitative estimate of drug-likeness (QED) is 0.197. The van der Waals surface area contributed by atoms with Crippen LogP contribution in [0.4, 0.5) is 0 Å². The van der Waals surface area contributed by atoms with Crippen LogP contribution in [0.1, 0.15) is 0 Å². The lowest BCUT2D eigenvalue weighted by Gasteiger charge is -2.13. The molecule has 2 aromatic heterocycles. The van der Waals surface area contributed by atoms with Gasteiger partial charge in [0.25, 0.3) is 0 Å². The average Bonchev–Trinajstić information content (AvgIpc) is 3.58. The topological polar surface area (TPSA) is 51.8 Å². The van der Waals surface area contributed by atoms with Crippen molar-refractivity contribution in [3.8, 4) is 67.6 Å². The number of hydrogen-bond donors (Lipinski definition) is 0. The largest absolute Gasteiger partial charge is 0.435 e. The molecule has 6 aromatic carbocycles. The monoisotopic (exact) mass is 577 g/mol. The Morgan fingerprint density at radius 2 is 0.889 bits per heavy atom. The second-order valence-corrected chi connectivity index (χ2v) is 10.9. The van der Waals surface area contributed by atoms with Crippen molar-refractivity contribution in [2.75, 3.05) is 0 Å². The van der Waals surface area contributed by atoms with Gasteiger partial charge < -0.3 is 4.42 Å². The summed E-state index contributed by atoms with van der Waals surface area (Å²) in [5.41, 5.74) is 11.5. The first-order valence-corrected chi connectivity index (χ1v) is 15.0. The summed E-state index contributed by atoms with van der Waals surface area (Å²) in [6, 6.07) is 55.6. The van der Waals surface area contributed by atoms with Crippen LogP contribution in [0.25, 0.3) is 78.7 Å². The molecule has 0 fully saturated rings. The molecule has 0 atom stereocenters. The van der Waals surface area contributed by atoms with Gasteiger partial charge in [0.2, 0.25) is 5.89 Å². The highest BCUT2D eigenvalue weighted by Gasteiger charge is 2.18. The van der Waals surface area contributed by atoms with Crippen molar-refractivity contribution < 1.29 is 4.42 Å². The zero-order chi connectivity index (χ0) is 30.0. The van der Waals surface area contributed by atoms with Gasteiger partial charge in [-0.2, -0.15) is 0 Å². The Hall–Kier alpha value is -6.13. The highest BCUT2D eigenvalue weighted by Crippen LogP contribution is 2.38. The molecule has 4 nitrogen and oxygen atoms in total. The second-order valence-electron chi connectivity index (χ2n) is 10.9. The Bertz CT molecular complexity index is 2240. The van der Waals surface area contributed by atoms with Crippen molar-refractivity contribution >= 4 is 11.1 Å². The zero-order valence-electron chi connectivity index (χ0n) is 24.3. The Morgan fingerprint density at radius 3 is 1.60 bits per heavy atom. The van der Waals surface area contributed by atoms with Crippen LogP contribution < -0.4 is 0 Å². The Morgan fingerprint density at radius 1 is 0.356 bits per heavy atom. The molecule has 0 bridgehead atoms. The van der Waals surface area contributed by atoms with Gasteiger partial charge in [-0.1, -0.05) is 140 Å². The van der Waals surface area contributed by atoms with Gasteiger partial charge in [0.05, 0.1) is 11.4 Å². The summed E-state index contributed by atoms with van der Waals surface area (Å²) in [5.74, 6) is 1.28. The van der Waals surface area contributed by atoms with E-state index in [1.54, 1.807) is 0 Å². The van der Waals surface area contributed by atoms with E-state index in [0.29, 0.717) is 11.7 Å². The third kappa shape index (κ3) is 5.19. The number of oxazole rings is 1. The van der Waals surface area contributed by atoms with E-state index in [1.165, 1.54) is 5.56 Å². The second kappa shape index (κ2) is 11.5. The van der Waals surface area contributed by atoms with Crippen LogP contribution in [-0.4, -0.2) is 15.0 Å². The van der Waals surface area contributed by atoms with Crippen LogP contribution in [0, 0.1) is 0 Å². The molecule has 0 aliphatic heterocycles. The van der Waals surface area contributed by atoms with Gasteiger partial charge in [0.1, 0.15) is 5.52 Å². The highest BCUT2D eigenvalue weighted by atomic mass is 16.3. The smallest absolute Gasteiger partial charge is 0.227 e. The van der Waals surface area contributed by atoms with Crippen molar-refractivity contribution in [2.24, 2.45) is 0 Å². The lowest BCUT2D eigenvalue weighted by molar-refractivity contribution is 0.621. The van der Waals surface area contributed by atoms with Gasteiger partial charge >= 0.3 is 0 Å². The predicted octanol–water partition coefficient (Wildman–Crippen LogP) is 10.6. The van der Waals surface area contributed by atoms with Crippen molar-refractivity contribution in [3.05, 3.63) is 164 Å². The number of rotatable bonds is 6. The summed E-state index contributed by atoms with van der Waals surface area (Å²) in [7, 11) is 0. The molecule has 0 aliphatic rings. The third-order valence-electron chi connectivity index (χ3n) is 7.97. The molecule has 0 radical (unpaired) electrons. The average molecular weight is 578 g/mol. The third-order valence-corrected chi connectivity index (χ3v) is 7.97. The van der Waals surface area contributed by atoms with E-state index >= 15 is 0 Å². The maximum absolute atomic E-state index is 6.42. The number of para-hydroxylation sites is 1. The molecule has 0 unspecified atom stereocenters. The van der Waals surface area contributed by atoms with Crippen molar-refractivity contribution in [3.63, 3.8) is 0 Å². The first-order chi connectivity index (χ1) is 22.3. The minimum atomic E-state index is 0.602. The molecule has 0 spiro atoms. The summed E-state index contributed by atoms with van der Waals surface area (Å²) in [6.07, 6.45) is 0. The van der Waals surface area contributed by atoms with Gasteiger partial charge in [0.15, 0.2) is 11.4 Å².